The van der Waals surface area contributed by atoms with Crippen LogP contribution in [0.5, 0.6) is 0 Å². The molecule has 1 unspecified atom stereocenters. The number of rotatable bonds is 5. The Morgan fingerprint density at radius 2 is 1.42 bits per heavy atom. The number of hydrogen-bond donors (Lipinski definition) is 2. The van der Waals surface area contributed by atoms with Gasteiger partial charge in [-0.15, -0.1) is 0 Å². The Bertz CT molecular complexity index is 1210. The molecule has 0 radical (unpaired) electrons. The molecule has 1 heterocycles. The molecule has 3 amide bonds. The fraction of sp³-hybridized carbons (Fsp3) is 0.296. The fourth-order valence-corrected chi connectivity index (χ4v) is 4.47. The molecule has 5 rings (SSSR count). The van der Waals surface area contributed by atoms with Crippen molar-refractivity contribution in [2.45, 2.75) is 25.7 Å². The number of benzene rings is 3. The number of hydrogen-bond acceptors (Lipinski definition) is 3. The standard InChI is InChI=1S/C27H27N3O3/c31-25(19-13-14-19)28-21-9-4-10-22(16-21)29-26(32)20-8-5-15-30(17-20)27(33)24-12-3-7-18-6-1-2-11-23(18)24/h1-4,6-7,9-12,16,19-20H,5,8,13-15,17H2,(H,28,31)(H,29,32). The van der Waals surface area contributed by atoms with E-state index >= 15 is 0 Å². The van der Waals surface area contributed by atoms with E-state index in [-0.39, 0.29) is 29.6 Å². The van der Waals surface area contributed by atoms with Crippen LogP contribution in [0.1, 0.15) is 36.0 Å². The van der Waals surface area contributed by atoms with Crippen LogP contribution in [0.3, 0.4) is 0 Å². The molecule has 1 saturated heterocycles. The third kappa shape index (κ3) is 4.75. The maximum absolute atomic E-state index is 13.3. The van der Waals surface area contributed by atoms with Crippen molar-refractivity contribution in [2.75, 3.05) is 23.7 Å². The minimum atomic E-state index is -0.276. The van der Waals surface area contributed by atoms with Crippen molar-refractivity contribution in [3.63, 3.8) is 0 Å². The molecule has 1 aliphatic carbocycles. The van der Waals surface area contributed by atoms with Crippen molar-refractivity contribution in [3.8, 4) is 0 Å². The number of piperidine rings is 1. The van der Waals surface area contributed by atoms with Gasteiger partial charge in [0.25, 0.3) is 5.91 Å². The Hall–Kier alpha value is -3.67. The number of likely N-dealkylation sites (tertiary alicyclic amines) is 1. The summed E-state index contributed by atoms with van der Waals surface area (Å²) in [5.41, 5.74) is 2.00. The lowest BCUT2D eigenvalue weighted by molar-refractivity contribution is -0.121. The Balaban J connectivity index is 1.25. The predicted octanol–water partition coefficient (Wildman–Crippen LogP) is 4.68. The molecule has 33 heavy (non-hydrogen) atoms. The topological polar surface area (TPSA) is 78.5 Å². The molecule has 0 aromatic heterocycles. The summed E-state index contributed by atoms with van der Waals surface area (Å²) in [6.07, 6.45) is 3.41. The Morgan fingerprint density at radius 3 is 2.18 bits per heavy atom. The second-order valence-electron chi connectivity index (χ2n) is 8.95. The van der Waals surface area contributed by atoms with Crippen LogP contribution in [0.2, 0.25) is 0 Å². The van der Waals surface area contributed by atoms with Gasteiger partial charge in [0.15, 0.2) is 0 Å². The van der Waals surface area contributed by atoms with Gasteiger partial charge in [-0.05, 0) is 60.7 Å². The quantitative estimate of drug-likeness (QED) is 0.604. The summed E-state index contributed by atoms with van der Waals surface area (Å²) < 4.78 is 0. The lowest BCUT2D eigenvalue weighted by Gasteiger charge is -2.32. The van der Waals surface area contributed by atoms with Gasteiger partial charge < -0.3 is 15.5 Å². The highest BCUT2D eigenvalue weighted by atomic mass is 16.2. The van der Waals surface area contributed by atoms with Gasteiger partial charge in [0, 0.05) is 35.9 Å². The van der Waals surface area contributed by atoms with Crippen molar-refractivity contribution >= 4 is 39.9 Å². The zero-order valence-electron chi connectivity index (χ0n) is 18.4. The summed E-state index contributed by atoms with van der Waals surface area (Å²) in [4.78, 5) is 40.1. The zero-order chi connectivity index (χ0) is 22.8. The first kappa shape index (κ1) is 21.2. The van der Waals surface area contributed by atoms with Gasteiger partial charge in [-0.25, -0.2) is 0 Å². The van der Waals surface area contributed by atoms with Gasteiger partial charge in [0.1, 0.15) is 0 Å². The highest BCUT2D eigenvalue weighted by Crippen LogP contribution is 2.30. The van der Waals surface area contributed by atoms with Crippen LogP contribution in [0.4, 0.5) is 11.4 Å². The predicted molar refractivity (Wildman–Crippen MR) is 129 cm³/mol. The van der Waals surface area contributed by atoms with Crippen LogP contribution in [-0.4, -0.2) is 35.7 Å². The average molecular weight is 442 g/mol. The molecule has 1 saturated carbocycles. The largest absolute Gasteiger partial charge is 0.338 e. The van der Waals surface area contributed by atoms with Crippen molar-refractivity contribution < 1.29 is 14.4 Å². The Labute approximate surface area is 193 Å². The lowest BCUT2D eigenvalue weighted by Crippen LogP contribution is -2.43. The second kappa shape index (κ2) is 9.06. The SMILES string of the molecule is O=C(Nc1cccc(NC(=O)C2CCCN(C(=O)c3cccc4ccccc34)C2)c1)C1CC1. The van der Waals surface area contributed by atoms with Crippen LogP contribution in [0.25, 0.3) is 10.8 Å². The monoisotopic (exact) mass is 441 g/mol. The molecule has 6 nitrogen and oxygen atoms in total. The van der Waals surface area contributed by atoms with Crippen LogP contribution >= 0.6 is 0 Å². The first-order valence-corrected chi connectivity index (χ1v) is 11.6. The fourth-order valence-electron chi connectivity index (χ4n) is 4.47. The maximum atomic E-state index is 13.3. The van der Waals surface area contributed by atoms with Gasteiger partial charge in [-0.1, -0.05) is 42.5 Å². The van der Waals surface area contributed by atoms with Gasteiger partial charge in [0.2, 0.25) is 11.8 Å². The second-order valence-corrected chi connectivity index (χ2v) is 8.95. The number of carbonyl (C=O) groups is 3. The van der Waals surface area contributed by atoms with E-state index < -0.39 is 0 Å². The summed E-state index contributed by atoms with van der Waals surface area (Å²) in [5, 5.41) is 7.84. The van der Waals surface area contributed by atoms with E-state index in [9.17, 15) is 14.4 Å². The summed E-state index contributed by atoms with van der Waals surface area (Å²) in [6, 6.07) is 20.8. The minimum absolute atomic E-state index is 0.0333. The number of anilines is 2. The van der Waals surface area contributed by atoms with E-state index in [1.807, 2.05) is 60.7 Å². The molecule has 168 valence electrons. The van der Waals surface area contributed by atoms with E-state index in [1.165, 1.54) is 0 Å². The summed E-state index contributed by atoms with van der Waals surface area (Å²) in [5.74, 6) is -0.253. The van der Waals surface area contributed by atoms with Gasteiger partial charge in [0.05, 0.1) is 5.92 Å². The number of carbonyl (C=O) groups excluding carboxylic acids is 3. The highest BCUT2D eigenvalue weighted by Gasteiger charge is 2.31. The Kier molecular flexibility index (Phi) is 5.82. The normalized spacial score (nSPS) is 18.1. The minimum Gasteiger partial charge on any atom is -0.338 e. The van der Waals surface area contributed by atoms with Crippen LogP contribution in [0, 0.1) is 11.8 Å². The number of nitrogens with one attached hydrogen (secondary N) is 2. The zero-order valence-corrected chi connectivity index (χ0v) is 18.4. The molecular formula is C27H27N3O3. The molecule has 2 aliphatic rings. The van der Waals surface area contributed by atoms with E-state index in [0.717, 1.165) is 36.5 Å². The van der Waals surface area contributed by atoms with E-state index in [4.69, 9.17) is 0 Å². The van der Waals surface area contributed by atoms with Gasteiger partial charge >= 0.3 is 0 Å². The molecule has 2 fully saturated rings. The smallest absolute Gasteiger partial charge is 0.254 e. The molecule has 1 aliphatic heterocycles. The van der Waals surface area contributed by atoms with Gasteiger partial charge in [-0.3, -0.25) is 14.4 Å². The van der Waals surface area contributed by atoms with Crippen LogP contribution < -0.4 is 10.6 Å². The van der Waals surface area contributed by atoms with Crippen molar-refractivity contribution in [3.05, 3.63) is 72.3 Å². The molecule has 3 aromatic rings. The molecular weight excluding hydrogens is 414 g/mol. The summed E-state index contributed by atoms with van der Waals surface area (Å²) >= 11 is 0. The molecule has 6 heteroatoms. The molecule has 3 aromatic carbocycles. The van der Waals surface area contributed by atoms with Crippen LogP contribution in [-0.2, 0) is 9.59 Å². The number of nitrogens with zero attached hydrogens (tertiary/aromatic N) is 1. The summed E-state index contributed by atoms with van der Waals surface area (Å²) in [7, 11) is 0. The maximum Gasteiger partial charge on any atom is 0.254 e. The number of fused-ring (bicyclic) bond motifs is 1. The van der Waals surface area contributed by atoms with E-state index in [1.54, 1.807) is 11.0 Å². The average Bonchev–Trinajstić information content (AvgIpc) is 3.69. The molecule has 1 atom stereocenters. The highest BCUT2D eigenvalue weighted by molar-refractivity contribution is 6.07. The van der Waals surface area contributed by atoms with Crippen molar-refractivity contribution in [2.24, 2.45) is 11.8 Å². The first-order chi connectivity index (χ1) is 16.1. The van der Waals surface area contributed by atoms with Crippen LogP contribution in [0.15, 0.2) is 66.7 Å². The number of amides is 3. The Morgan fingerprint density at radius 1 is 0.758 bits per heavy atom. The third-order valence-corrected chi connectivity index (χ3v) is 6.45. The first-order valence-electron chi connectivity index (χ1n) is 11.6. The lowest BCUT2D eigenvalue weighted by atomic mass is 9.95. The molecule has 0 spiro atoms. The summed E-state index contributed by atoms with van der Waals surface area (Å²) in [6.45, 7) is 1.04. The molecule has 2 N–H and O–H groups in total. The van der Waals surface area contributed by atoms with E-state index in [0.29, 0.717) is 30.0 Å². The van der Waals surface area contributed by atoms with Crippen molar-refractivity contribution in [1.82, 2.24) is 4.90 Å². The van der Waals surface area contributed by atoms with Gasteiger partial charge in [-0.2, -0.15) is 0 Å². The van der Waals surface area contributed by atoms with Crippen molar-refractivity contribution in [1.29, 1.82) is 0 Å². The van der Waals surface area contributed by atoms with E-state index in [2.05, 4.69) is 10.6 Å². The molecule has 0 bridgehead atoms. The third-order valence-electron chi connectivity index (χ3n) is 6.45.